The van der Waals surface area contributed by atoms with Gasteiger partial charge < -0.3 is 19.9 Å². The first kappa shape index (κ1) is 26.0. The molecular weight excluding hydrogens is 474 g/mol. The monoisotopic (exact) mass is 503 g/mol. The molecule has 0 radical (unpaired) electrons. The number of aromatic nitrogens is 1. The van der Waals surface area contributed by atoms with Gasteiger partial charge in [-0.05, 0) is 63.2 Å². The summed E-state index contributed by atoms with van der Waals surface area (Å²) in [5.41, 5.74) is 6.45. The Kier molecular flexibility index (Phi) is 7.41. The van der Waals surface area contributed by atoms with Crippen LogP contribution in [0.4, 0.5) is 10.5 Å². The Labute approximate surface area is 204 Å². The summed E-state index contributed by atoms with van der Waals surface area (Å²) in [7, 11) is -1.54. The predicted octanol–water partition coefficient (Wildman–Crippen LogP) is 3.38. The van der Waals surface area contributed by atoms with Gasteiger partial charge in [-0.1, -0.05) is 6.07 Å². The van der Waals surface area contributed by atoms with Crippen LogP contribution in [0.5, 0.6) is 5.75 Å². The summed E-state index contributed by atoms with van der Waals surface area (Å²) >= 11 is 0. The lowest BCUT2D eigenvalue weighted by Gasteiger charge is -2.24. The largest absolute Gasteiger partial charge is 0.497 e. The first-order chi connectivity index (χ1) is 16.4. The molecule has 0 saturated carbocycles. The van der Waals surface area contributed by atoms with Gasteiger partial charge in [0.05, 0.1) is 31.2 Å². The molecule has 0 amide bonds. The van der Waals surface area contributed by atoms with Gasteiger partial charge in [-0.2, -0.15) is 4.31 Å². The van der Waals surface area contributed by atoms with Crippen molar-refractivity contribution < 1.29 is 32.2 Å². The molecule has 188 valence electrons. The summed E-state index contributed by atoms with van der Waals surface area (Å²) < 4.78 is 44.6. The minimum Gasteiger partial charge on any atom is -0.497 e. The molecule has 1 heterocycles. The number of sulfonamides is 1. The van der Waals surface area contributed by atoms with Crippen LogP contribution in [0.1, 0.15) is 26.5 Å². The molecule has 0 atom stereocenters. The van der Waals surface area contributed by atoms with Crippen molar-refractivity contribution >= 4 is 38.7 Å². The number of ether oxygens (including phenoxy) is 3. The number of rotatable bonds is 7. The molecular formula is C24H29N3O7S. The van der Waals surface area contributed by atoms with Crippen molar-refractivity contribution in [2.75, 3.05) is 26.5 Å². The topological polar surface area (TPSA) is 130 Å². The molecule has 0 bridgehead atoms. The molecule has 11 heteroatoms. The number of methoxy groups -OCH3 is 2. The number of hydrogen-bond donors (Lipinski definition) is 1. The van der Waals surface area contributed by atoms with E-state index in [-0.39, 0.29) is 17.1 Å². The number of anilines is 1. The average Bonchev–Trinajstić information content (AvgIpc) is 3.17. The van der Waals surface area contributed by atoms with Gasteiger partial charge in [-0.3, -0.25) is 4.79 Å². The second kappa shape index (κ2) is 9.96. The van der Waals surface area contributed by atoms with Crippen molar-refractivity contribution in [2.45, 2.75) is 37.8 Å². The zero-order chi connectivity index (χ0) is 26.0. The molecule has 1 aromatic heterocycles. The van der Waals surface area contributed by atoms with Crippen molar-refractivity contribution in [1.82, 2.24) is 8.87 Å². The van der Waals surface area contributed by atoms with Gasteiger partial charge >= 0.3 is 12.1 Å². The maximum Gasteiger partial charge on any atom is 0.419 e. The number of fused-ring (bicyclic) bond motifs is 1. The molecule has 10 nitrogen and oxygen atoms in total. The first-order valence-corrected chi connectivity index (χ1v) is 12.1. The summed E-state index contributed by atoms with van der Waals surface area (Å²) in [6.45, 7) is 4.28. The Bertz CT molecular complexity index is 1340. The molecule has 2 aromatic carbocycles. The van der Waals surface area contributed by atoms with Crippen LogP contribution in [0, 0.1) is 0 Å². The molecule has 3 aromatic rings. The predicted molar refractivity (Wildman–Crippen MR) is 131 cm³/mol. The van der Waals surface area contributed by atoms with E-state index in [1.807, 2.05) is 0 Å². The van der Waals surface area contributed by atoms with E-state index in [0.717, 1.165) is 4.31 Å². The zero-order valence-corrected chi connectivity index (χ0v) is 21.1. The van der Waals surface area contributed by atoms with Gasteiger partial charge in [0.1, 0.15) is 17.9 Å². The molecule has 0 spiro atoms. The minimum absolute atomic E-state index is 0.0540. The van der Waals surface area contributed by atoms with E-state index in [0.29, 0.717) is 22.3 Å². The highest BCUT2D eigenvalue weighted by Gasteiger charge is 2.31. The number of nitrogen functional groups attached to an aromatic ring is 1. The van der Waals surface area contributed by atoms with E-state index in [1.54, 1.807) is 45.0 Å². The molecule has 3 rings (SSSR count). The fourth-order valence-corrected chi connectivity index (χ4v) is 4.82. The van der Waals surface area contributed by atoms with E-state index >= 15 is 0 Å². The normalized spacial score (nSPS) is 12.1. The van der Waals surface area contributed by atoms with E-state index < -0.39 is 34.2 Å². The lowest BCUT2D eigenvalue weighted by atomic mass is 10.2. The van der Waals surface area contributed by atoms with Crippen molar-refractivity contribution in [2.24, 2.45) is 0 Å². The highest BCUT2D eigenvalue weighted by molar-refractivity contribution is 7.89. The molecule has 0 saturated heterocycles. The number of carbonyl (C=O) groups is 2. The molecule has 2 N–H and O–H groups in total. The summed E-state index contributed by atoms with van der Waals surface area (Å²) in [6.07, 6.45) is -0.701. The van der Waals surface area contributed by atoms with Crippen LogP contribution in [0.25, 0.3) is 10.9 Å². The fourth-order valence-electron chi connectivity index (χ4n) is 3.46. The summed E-state index contributed by atoms with van der Waals surface area (Å²) in [5.74, 6) is -0.287. The Morgan fingerprint density at radius 2 is 1.71 bits per heavy atom. The van der Waals surface area contributed by atoms with Gasteiger partial charge in [-0.15, -0.1) is 0 Å². The number of nitrogens with two attached hydrogens (primary N) is 1. The Balaban J connectivity index is 2.13. The van der Waals surface area contributed by atoms with E-state index in [9.17, 15) is 18.0 Å². The SMILES string of the molecule is COC(=O)CN(Cc1cc2c(N)cccc2n1C(=O)OC(C)(C)C)S(=O)(=O)c1ccc(OC)cc1. The van der Waals surface area contributed by atoms with E-state index in [4.69, 9.17) is 19.9 Å². The number of esters is 1. The number of benzene rings is 2. The van der Waals surface area contributed by atoms with Crippen LogP contribution in [0.15, 0.2) is 53.4 Å². The lowest BCUT2D eigenvalue weighted by molar-refractivity contribution is -0.140. The highest BCUT2D eigenvalue weighted by Crippen LogP contribution is 2.29. The number of carbonyl (C=O) groups excluding carboxylic acids is 2. The number of hydrogen-bond acceptors (Lipinski definition) is 8. The third-order valence-electron chi connectivity index (χ3n) is 5.10. The molecule has 0 fully saturated rings. The standard InChI is InChI=1S/C24H29N3O7S/c1-24(2,3)34-23(29)27-16(13-19-20(25)7-6-8-21(19)27)14-26(15-22(28)33-5)35(30,31)18-11-9-17(32-4)10-12-18/h6-13H,14-15,25H2,1-5H3. The van der Waals surface area contributed by atoms with Crippen LogP contribution in [-0.4, -0.2) is 55.7 Å². The van der Waals surface area contributed by atoms with Crippen molar-refractivity contribution in [3.05, 3.63) is 54.2 Å². The maximum atomic E-state index is 13.5. The number of nitrogens with zero attached hydrogens (tertiary/aromatic N) is 2. The smallest absolute Gasteiger partial charge is 0.419 e. The second-order valence-corrected chi connectivity index (χ2v) is 10.7. The average molecular weight is 504 g/mol. The second-order valence-electron chi connectivity index (χ2n) is 8.76. The fraction of sp³-hybridized carbons (Fsp3) is 0.333. The summed E-state index contributed by atoms with van der Waals surface area (Å²) in [5, 5.41) is 0.549. The van der Waals surface area contributed by atoms with Crippen LogP contribution < -0.4 is 10.5 Å². The van der Waals surface area contributed by atoms with Gasteiger partial charge in [0.25, 0.3) is 0 Å². The molecule has 35 heavy (non-hydrogen) atoms. The zero-order valence-electron chi connectivity index (χ0n) is 20.3. The Morgan fingerprint density at radius 1 is 1.06 bits per heavy atom. The molecule has 0 aliphatic carbocycles. The summed E-state index contributed by atoms with van der Waals surface area (Å²) in [4.78, 5) is 25.2. The van der Waals surface area contributed by atoms with Gasteiger partial charge in [-0.25, -0.2) is 17.8 Å². The van der Waals surface area contributed by atoms with Crippen LogP contribution in [0.2, 0.25) is 0 Å². The van der Waals surface area contributed by atoms with Gasteiger partial charge in [0.15, 0.2) is 0 Å². The highest BCUT2D eigenvalue weighted by atomic mass is 32.2. The van der Waals surface area contributed by atoms with Crippen molar-refractivity contribution in [3.63, 3.8) is 0 Å². The lowest BCUT2D eigenvalue weighted by Crippen LogP contribution is -2.37. The van der Waals surface area contributed by atoms with E-state index in [2.05, 4.69) is 0 Å². The van der Waals surface area contributed by atoms with Crippen LogP contribution in [-0.2, 0) is 30.8 Å². The van der Waals surface area contributed by atoms with Gasteiger partial charge in [0, 0.05) is 16.8 Å². The third kappa shape index (κ3) is 5.75. The molecule has 0 aliphatic heterocycles. The van der Waals surface area contributed by atoms with E-state index in [1.165, 1.54) is 43.1 Å². The minimum atomic E-state index is -4.17. The molecule has 0 unspecified atom stereocenters. The van der Waals surface area contributed by atoms with Crippen molar-refractivity contribution in [3.8, 4) is 5.75 Å². The van der Waals surface area contributed by atoms with Crippen LogP contribution >= 0.6 is 0 Å². The molecule has 0 aliphatic rings. The third-order valence-corrected chi connectivity index (χ3v) is 6.91. The maximum absolute atomic E-state index is 13.5. The van der Waals surface area contributed by atoms with Gasteiger partial charge in [0.2, 0.25) is 10.0 Å². The Morgan fingerprint density at radius 3 is 2.29 bits per heavy atom. The first-order valence-electron chi connectivity index (χ1n) is 10.7. The van der Waals surface area contributed by atoms with Crippen LogP contribution in [0.3, 0.4) is 0 Å². The summed E-state index contributed by atoms with van der Waals surface area (Å²) in [6, 6.07) is 12.4. The Hall–Kier alpha value is -3.57. The van der Waals surface area contributed by atoms with Crippen molar-refractivity contribution in [1.29, 1.82) is 0 Å². The quantitative estimate of drug-likeness (QED) is 0.384.